The normalized spacial score (nSPS) is 16.3. The van der Waals surface area contributed by atoms with E-state index in [1.165, 1.54) is 37.3 Å². The Bertz CT molecular complexity index is 962. The molecular formula is C18H18F2N2O4S. The molecule has 0 aromatic heterocycles. The van der Waals surface area contributed by atoms with Gasteiger partial charge in [-0.15, -0.1) is 0 Å². The van der Waals surface area contributed by atoms with Gasteiger partial charge in [-0.1, -0.05) is 0 Å². The van der Waals surface area contributed by atoms with Gasteiger partial charge in [0.25, 0.3) is 10.0 Å². The van der Waals surface area contributed by atoms with E-state index in [2.05, 4.69) is 9.46 Å². The Morgan fingerprint density at radius 2 is 1.89 bits per heavy atom. The molecule has 6 nitrogen and oxygen atoms in total. The van der Waals surface area contributed by atoms with E-state index in [1.54, 1.807) is 17.0 Å². The molecule has 1 N–H and O–H groups in total. The van der Waals surface area contributed by atoms with Crippen molar-refractivity contribution in [2.75, 3.05) is 9.62 Å². The van der Waals surface area contributed by atoms with Gasteiger partial charge in [-0.3, -0.25) is 9.52 Å². The van der Waals surface area contributed by atoms with E-state index < -0.39 is 16.6 Å². The van der Waals surface area contributed by atoms with Crippen LogP contribution in [-0.2, 0) is 21.2 Å². The summed E-state index contributed by atoms with van der Waals surface area (Å²) in [5.74, 6) is -0.162. The quantitative estimate of drug-likeness (QED) is 0.841. The zero-order chi connectivity index (χ0) is 19.8. The maximum Gasteiger partial charge on any atom is 0.387 e. The number of carbonyl (C=O) groups excluding carboxylic acids is 1. The smallest absolute Gasteiger partial charge is 0.387 e. The summed E-state index contributed by atoms with van der Waals surface area (Å²) >= 11 is 0. The number of hydrogen-bond acceptors (Lipinski definition) is 4. The topological polar surface area (TPSA) is 75.7 Å². The van der Waals surface area contributed by atoms with Crippen LogP contribution >= 0.6 is 0 Å². The highest BCUT2D eigenvalue weighted by atomic mass is 32.2. The molecule has 0 radical (unpaired) electrons. The van der Waals surface area contributed by atoms with E-state index in [9.17, 15) is 22.0 Å². The van der Waals surface area contributed by atoms with E-state index in [-0.39, 0.29) is 28.3 Å². The fourth-order valence-corrected chi connectivity index (χ4v) is 4.28. The van der Waals surface area contributed by atoms with Crippen LogP contribution < -0.4 is 14.4 Å². The number of alkyl halides is 2. The molecule has 2 aromatic rings. The summed E-state index contributed by atoms with van der Waals surface area (Å²) in [6.07, 6.45) is 0.567. The number of benzene rings is 2. The van der Waals surface area contributed by atoms with E-state index in [4.69, 9.17) is 0 Å². The molecular weight excluding hydrogens is 378 g/mol. The van der Waals surface area contributed by atoms with Crippen LogP contribution in [0.5, 0.6) is 5.75 Å². The van der Waals surface area contributed by atoms with Gasteiger partial charge in [-0.25, -0.2) is 8.42 Å². The number of carbonyl (C=O) groups is 1. The predicted octanol–water partition coefficient (Wildman–Crippen LogP) is 3.39. The standard InChI is InChI=1S/C18H18F2N2O4S/c1-11-9-13-10-16(7-8-17(13)22(11)12(2)23)27(24,25)21-14-3-5-15(6-4-14)26-18(19)20/h3-8,10-11,18,21H,9H2,1-2H3. The molecule has 1 aliphatic heterocycles. The van der Waals surface area contributed by atoms with Crippen molar-refractivity contribution in [2.45, 2.75) is 37.8 Å². The van der Waals surface area contributed by atoms with Crippen molar-refractivity contribution in [3.05, 3.63) is 48.0 Å². The predicted molar refractivity (Wildman–Crippen MR) is 96.7 cm³/mol. The number of amides is 1. The van der Waals surface area contributed by atoms with Gasteiger partial charge in [0.1, 0.15) is 5.75 Å². The number of hydrogen-bond donors (Lipinski definition) is 1. The highest BCUT2D eigenvalue weighted by Gasteiger charge is 2.30. The average Bonchev–Trinajstić information content (AvgIpc) is 2.91. The summed E-state index contributed by atoms with van der Waals surface area (Å²) in [4.78, 5) is 13.5. The molecule has 1 aliphatic rings. The number of sulfonamides is 1. The summed E-state index contributed by atoms with van der Waals surface area (Å²) in [6, 6.07) is 9.73. The van der Waals surface area contributed by atoms with Crippen molar-refractivity contribution in [1.82, 2.24) is 0 Å². The van der Waals surface area contributed by atoms with Gasteiger partial charge < -0.3 is 9.64 Å². The minimum absolute atomic E-state index is 0.0363. The van der Waals surface area contributed by atoms with E-state index in [0.29, 0.717) is 12.1 Å². The van der Waals surface area contributed by atoms with E-state index >= 15 is 0 Å². The summed E-state index contributed by atoms with van der Waals surface area (Å²) in [5, 5.41) is 0. The molecule has 0 fully saturated rings. The van der Waals surface area contributed by atoms with Gasteiger partial charge in [0.05, 0.1) is 4.90 Å². The first-order chi connectivity index (χ1) is 12.7. The van der Waals surface area contributed by atoms with Crippen molar-refractivity contribution < 1.29 is 26.7 Å². The Morgan fingerprint density at radius 3 is 2.48 bits per heavy atom. The third-order valence-corrected chi connectivity index (χ3v) is 5.63. The highest BCUT2D eigenvalue weighted by molar-refractivity contribution is 7.92. The minimum Gasteiger partial charge on any atom is -0.435 e. The van der Waals surface area contributed by atoms with Gasteiger partial charge in [0.2, 0.25) is 5.91 Å². The molecule has 0 bridgehead atoms. The Balaban J connectivity index is 1.82. The Kier molecular flexibility index (Phi) is 5.05. The summed E-state index contributed by atoms with van der Waals surface area (Å²) < 4.78 is 56.2. The zero-order valence-corrected chi connectivity index (χ0v) is 15.5. The van der Waals surface area contributed by atoms with Crippen LogP contribution in [0.2, 0.25) is 0 Å². The van der Waals surface area contributed by atoms with Gasteiger partial charge >= 0.3 is 6.61 Å². The number of nitrogens with zero attached hydrogens (tertiary/aromatic N) is 1. The molecule has 1 amide bonds. The number of nitrogens with one attached hydrogen (secondary N) is 1. The largest absolute Gasteiger partial charge is 0.435 e. The van der Waals surface area contributed by atoms with Crippen molar-refractivity contribution in [2.24, 2.45) is 0 Å². The first-order valence-electron chi connectivity index (χ1n) is 8.18. The Morgan fingerprint density at radius 1 is 1.22 bits per heavy atom. The summed E-state index contributed by atoms with van der Waals surface area (Å²) in [7, 11) is -3.87. The maximum atomic E-state index is 12.6. The van der Waals surface area contributed by atoms with E-state index in [1.807, 2.05) is 6.92 Å². The SMILES string of the molecule is CC(=O)N1c2ccc(S(=O)(=O)Nc3ccc(OC(F)F)cc3)cc2CC1C. The molecule has 0 aliphatic carbocycles. The van der Waals surface area contributed by atoms with Gasteiger partial charge in [0, 0.05) is 24.3 Å². The lowest BCUT2D eigenvalue weighted by Crippen LogP contribution is -2.33. The minimum atomic E-state index is -3.87. The van der Waals surface area contributed by atoms with Crippen molar-refractivity contribution in [3.8, 4) is 5.75 Å². The molecule has 144 valence electrons. The molecule has 1 unspecified atom stereocenters. The number of fused-ring (bicyclic) bond motifs is 1. The lowest BCUT2D eigenvalue weighted by atomic mass is 10.1. The molecule has 9 heteroatoms. The first-order valence-corrected chi connectivity index (χ1v) is 9.66. The van der Waals surface area contributed by atoms with Crippen LogP contribution in [0.4, 0.5) is 20.2 Å². The number of halogens is 2. The first kappa shape index (κ1) is 19.1. The lowest BCUT2D eigenvalue weighted by molar-refractivity contribution is -0.116. The fraction of sp³-hybridized carbons (Fsp3) is 0.278. The number of ether oxygens (including phenoxy) is 1. The second-order valence-corrected chi connectivity index (χ2v) is 7.92. The Hall–Kier alpha value is -2.68. The molecule has 1 atom stereocenters. The zero-order valence-electron chi connectivity index (χ0n) is 14.6. The van der Waals surface area contributed by atoms with Crippen LogP contribution in [0.1, 0.15) is 19.4 Å². The molecule has 27 heavy (non-hydrogen) atoms. The molecule has 0 saturated heterocycles. The van der Waals surface area contributed by atoms with Crippen LogP contribution in [0, 0.1) is 0 Å². The van der Waals surface area contributed by atoms with Gasteiger partial charge in [-0.05, 0) is 61.4 Å². The van der Waals surface area contributed by atoms with Crippen LogP contribution in [-0.4, -0.2) is 27.0 Å². The third kappa shape index (κ3) is 4.02. The summed E-state index contributed by atoms with van der Waals surface area (Å²) in [6.45, 7) is 0.423. The Labute approximate surface area is 155 Å². The van der Waals surface area contributed by atoms with Gasteiger partial charge in [-0.2, -0.15) is 8.78 Å². The van der Waals surface area contributed by atoms with Crippen LogP contribution in [0.25, 0.3) is 0 Å². The van der Waals surface area contributed by atoms with Crippen molar-refractivity contribution in [3.63, 3.8) is 0 Å². The monoisotopic (exact) mass is 396 g/mol. The van der Waals surface area contributed by atoms with Crippen molar-refractivity contribution in [1.29, 1.82) is 0 Å². The molecule has 0 saturated carbocycles. The average molecular weight is 396 g/mol. The maximum absolute atomic E-state index is 12.6. The number of rotatable bonds is 5. The highest BCUT2D eigenvalue weighted by Crippen LogP contribution is 2.34. The second kappa shape index (κ2) is 7.15. The lowest BCUT2D eigenvalue weighted by Gasteiger charge is -2.20. The molecule has 0 spiro atoms. The van der Waals surface area contributed by atoms with E-state index in [0.717, 1.165) is 5.56 Å². The number of anilines is 2. The summed E-state index contributed by atoms with van der Waals surface area (Å²) in [5.41, 5.74) is 1.71. The van der Waals surface area contributed by atoms with Crippen molar-refractivity contribution >= 4 is 27.3 Å². The van der Waals surface area contributed by atoms with Crippen LogP contribution in [0.15, 0.2) is 47.4 Å². The molecule has 1 heterocycles. The van der Waals surface area contributed by atoms with Crippen LogP contribution in [0.3, 0.4) is 0 Å². The molecule has 3 rings (SSSR count). The van der Waals surface area contributed by atoms with Gasteiger partial charge in [0.15, 0.2) is 0 Å². The molecule has 2 aromatic carbocycles. The fourth-order valence-electron chi connectivity index (χ4n) is 3.17. The second-order valence-electron chi connectivity index (χ2n) is 6.24. The third-order valence-electron chi connectivity index (χ3n) is 4.25.